The third-order valence-corrected chi connectivity index (χ3v) is 7.34. The SMILES string of the molecule is CCOc1cc(-c2ccc(N3CCN(C(=O)c4ccc(C#CCOC(C)(C)C)c(C(F)(F)F)c4)CC3)nc2)c2c(C#N)cnn2c1. The van der Waals surface area contributed by atoms with E-state index in [9.17, 15) is 23.2 Å². The number of fused-ring (bicyclic) bond motifs is 1. The number of piperazine rings is 1. The van der Waals surface area contributed by atoms with Crippen molar-refractivity contribution in [3.63, 3.8) is 0 Å². The van der Waals surface area contributed by atoms with Crippen molar-refractivity contribution in [1.29, 1.82) is 5.26 Å². The van der Waals surface area contributed by atoms with Crippen molar-refractivity contribution in [2.75, 3.05) is 44.3 Å². The van der Waals surface area contributed by atoms with Gasteiger partial charge in [0.15, 0.2) is 0 Å². The minimum absolute atomic E-state index is 0.0127. The molecule has 9 nitrogen and oxygen atoms in total. The van der Waals surface area contributed by atoms with E-state index in [4.69, 9.17) is 9.47 Å². The van der Waals surface area contributed by atoms with E-state index in [1.165, 1.54) is 18.3 Å². The Kier molecular flexibility index (Phi) is 9.22. The summed E-state index contributed by atoms with van der Waals surface area (Å²) < 4.78 is 54.5. The Bertz CT molecular complexity index is 1840. The predicted molar refractivity (Wildman–Crippen MR) is 166 cm³/mol. The van der Waals surface area contributed by atoms with Crippen LogP contribution in [0.3, 0.4) is 0 Å². The molecule has 0 bridgehead atoms. The number of rotatable bonds is 6. The van der Waals surface area contributed by atoms with E-state index in [0.29, 0.717) is 55.4 Å². The van der Waals surface area contributed by atoms with Crippen LogP contribution >= 0.6 is 0 Å². The third kappa shape index (κ3) is 7.24. The molecule has 4 aromatic rings. The molecule has 0 spiro atoms. The maximum atomic E-state index is 13.9. The van der Waals surface area contributed by atoms with Crippen molar-refractivity contribution < 1.29 is 27.4 Å². The number of aromatic nitrogens is 3. The molecule has 1 aliphatic heterocycles. The zero-order valence-corrected chi connectivity index (χ0v) is 26.0. The number of halogens is 3. The molecule has 0 N–H and O–H groups in total. The van der Waals surface area contributed by atoms with Crippen molar-refractivity contribution in [1.82, 2.24) is 19.5 Å². The van der Waals surface area contributed by atoms with Gasteiger partial charge in [0.2, 0.25) is 0 Å². The summed E-state index contributed by atoms with van der Waals surface area (Å²) >= 11 is 0. The lowest BCUT2D eigenvalue weighted by atomic mass is 10.0. The fourth-order valence-electron chi connectivity index (χ4n) is 5.10. The molecule has 238 valence electrons. The number of pyridine rings is 2. The van der Waals surface area contributed by atoms with E-state index < -0.39 is 23.2 Å². The lowest BCUT2D eigenvalue weighted by molar-refractivity contribution is -0.137. The minimum Gasteiger partial charge on any atom is -0.492 e. The highest BCUT2D eigenvalue weighted by Crippen LogP contribution is 2.34. The van der Waals surface area contributed by atoms with Gasteiger partial charge in [0.25, 0.3) is 5.91 Å². The summed E-state index contributed by atoms with van der Waals surface area (Å²) in [6.07, 6.45) is 0.271. The molecule has 1 saturated heterocycles. The van der Waals surface area contributed by atoms with Crippen molar-refractivity contribution in [2.45, 2.75) is 39.5 Å². The standard InChI is InChI=1S/C34H33F3N6O3/c1-5-45-27-18-28(31-26(19-38)21-40-43(31)22-27)25-10-11-30(39-20-25)41-12-14-42(15-13-41)32(44)24-9-8-23(29(17-24)34(35,36)37)7-6-16-46-33(2,3)4/h8-11,17-18,20-22H,5,12-16H2,1-4H3. The first kappa shape index (κ1) is 32.3. The molecular weight excluding hydrogens is 597 g/mol. The van der Waals surface area contributed by atoms with Crippen LogP contribution in [0.1, 0.15) is 54.7 Å². The zero-order valence-electron chi connectivity index (χ0n) is 26.0. The number of hydrogen-bond acceptors (Lipinski definition) is 7. The number of nitriles is 1. The summed E-state index contributed by atoms with van der Waals surface area (Å²) in [5, 5.41) is 13.9. The topological polar surface area (TPSA) is 96.0 Å². The molecule has 5 rings (SSSR count). The first-order valence-electron chi connectivity index (χ1n) is 14.8. The third-order valence-electron chi connectivity index (χ3n) is 7.34. The first-order valence-corrected chi connectivity index (χ1v) is 14.8. The van der Waals surface area contributed by atoms with Crippen LogP contribution < -0.4 is 9.64 Å². The second-order valence-corrected chi connectivity index (χ2v) is 11.6. The van der Waals surface area contributed by atoms with Crippen molar-refractivity contribution in [2.24, 2.45) is 0 Å². The lowest BCUT2D eigenvalue weighted by Gasteiger charge is -2.35. The van der Waals surface area contributed by atoms with Crippen molar-refractivity contribution in [3.05, 3.63) is 77.2 Å². The zero-order chi connectivity index (χ0) is 33.1. The second kappa shape index (κ2) is 13.1. The van der Waals surface area contributed by atoms with Gasteiger partial charge >= 0.3 is 6.18 Å². The fraction of sp³-hybridized carbons (Fsp3) is 0.353. The van der Waals surface area contributed by atoms with Crippen LogP contribution in [0.15, 0.2) is 55.0 Å². The quantitative estimate of drug-likeness (QED) is 0.248. The summed E-state index contributed by atoms with van der Waals surface area (Å²) in [6.45, 7) is 9.37. The van der Waals surface area contributed by atoms with Gasteiger partial charge in [-0.2, -0.15) is 23.5 Å². The Morgan fingerprint density at radius 3 is 2.41 bits per heavy atom. The van der Waals surface area contributed by atoms with Gasteiger partial charge in [0.05, 0.1) is 41.2 Å². The Hall–Kier alpha value is -5.07. The molecule has 12 heteroatoms. The largest absolute Gasteiger partial charge is 0.492 e. The van der Waals surface area contributed by atoms with E-state index in [-0.39, 0.29) is 17.7 Å². The molecule has 0 aliphatic carbocycles. The Balaban J connectivity index is 1.28. The Labute approximate surface area is 265 Å². The second-order valence-electron chi connectivity index (χ2n) is 11.6. The monoisotopic (exact) mass is 630 g/mol. The summed E-state index contributed by atoms with van der Waals surface area (Å²) in [7, 11) is 0. The van der Waals surface area contributed by atoms with Gasteiger partial charge < -0.3 is 19.3 Å². The Morgan fingerprint density at radius 1 is 1.02 bits per heavy atom. The summed E-state index contributed by atoms with van der Waals surface area (Å²) in [5.41, 5.74) is 0.940. The summed E-state index contributed by atoms with van der Waals surface area (Å²) in [6, 6.07) is 11.3. The van der Waals surface area contributed by atoms with Crippen LogP contribution in [0.2, 0.25) is 0 Å². The van der Waals surface area contributed by atoms with Crippen LogP contribution in [-0.4, -0.2) is 70.4 Å². The summed E-state index contributed by atoms with van der Waals surface area (Å²) in [5.74, 6) is 6.00. The maximum absolute atomic E-state index is 13.9. The number of hydrogen-bond donors (Lipinski definition) is 0. The molecule has 1 amide bonds. The number of ether oxygens (including phenoxy) is 2. The molecule has 3 aromatic heterocycles. The van der Waals surface area contributed by atoms with Gasteiger partial charge in [-0.15, -0.1) is 0 Å². The van der Waals surface area contributed by atoms with E-state index in [0.717, 1.165) is 17.2 Å². The highest BCUT2D eigenvalue weighted by molar-refractivity contribution is 5.95. The van der Waals surface area contributed by atoms with Gasteiger partial charge in [-0.25, -0.2) is 9.50 Å². The molecule has 0 atom stereocenters. The smallest absolute Gasteiger partial charge is 0.417 e. The molecular formula is C34H33F3N6O3. The molecule has 4 heterocycles. The molecule has 46 heavy (non-hydrogen) atoms. The van der Waals surface area contributed by atoms with Crippen LogP contribution in [0.5, 0.6) is 5.75 Å². The number of benzene rings is 1. The average Bonchev–Trinajstić information content (AvgIpc) is 3.45. The van der Waals surface area contributed by atoms with Gasteiger partial charge in [0, 0.05) is 54.6 Å². The molecule has 1 fully saturated rings. The molecule has 0 unspecified atom stereocenters. The first-order chi connectivity index (χ1) is 21.9. The normalized spacial score (nSPS) is 13.7. The van der Waals surface area contributed by atoms with Gasteiger partial charge in [0.1, 0.15) is 24.2 Å². The number of carbonyl (C=O) groups excluding carboxylic acids is 1. The maximum Gasteiger partial charge on any atom is 0.417 e. The van der Waals surface area contributed by atoms with Crippen LogP contribution in [0, 0.1) is 23.2 Å². The van der Waals surface area contributed by atoms with Crippen LogP contribution in [0.4, 0.5) is 19.0 Å². The number of anilines is 1. The number of alkyl halides is 3. The molecule has 1 aromatic carbocycles. The number of carbonyl (C=O) groups is 1. The predicted octanol–water partition coefficient (Wildman–Crippen LogP) is 5.81. The van der Waals surface area contributed by atoms with Crippen LogP contribution in [0.25, 0.3) is 16.6 Å². The fourth-order valence-corrected chi connectivity index (χ4v) is 5.10. The number of amides is 1. The summed E-state index contributed by atoms with van der Waals surface area (Å²) in [4.78, 5) is 21.4. The van der Waals surface area contributed by atoms with Gasteiger partial charge in [-0.3, -0.25) is 4.79 Å². The van der Waals surface area contributed by atoms with E-state index >= 15 is 0 Å². The average molecular weight is 631 g/mol. The molecule has 0 radical (unpaired) electrons. The van der Waals surface area contributed by atoms with Crippen LogP contribution in [-0.2, 0) is 10.9 Å². The lowest BCUT2D eigenvalue weighted by Crippen LogP contribution is -2.49. The minimum atomic E-state index is -4.67. The van der Waals surface area contributed by atoms with E-state index in [2.05, 4.69) is 28.0 Å². The number of nitrogens with zero attached hydrogens (tertiary/aromatic N) is 6. The van der Waals surface area contributed by atoms with Gasteiger partial charge in [-0.1, -0.05) is 11.8 Å². The van der Waals surface area contributed by atoms with Crippen molar-refractivity contribution >= 4 is 17.2 Å². The molecule has 1 aliphatic rings. The Morgan fingerprint density at radius 2 is 1.78 bits per heavy atom. The highest BCUT2D eigenvalue weighted by atomic mass is 19.4. The van der Waals surface area contributed by atoms with E-state index in [1.54, 1.807) is 21.8 Å². The van der Waals surface area contributed by atoms with Crippen molar-refractivity contribution in [3.8, 4) is 34.8 Å². The molecule has 0 saturated carbocycles. The highest BCUT2D eigenvalue weighted by Gasteiger charge is 2.34. The van der Waals surface area contributed by atoms with Gasteiger partial charge in [-0.05, 0) is 64.1 Å². The van der Waals surface area contributed by atoms with E-state index in [1.807, 2.05) is 50.8 Å².